The van der Waals surface area contributed by atoms with E-state index in [2.05, 4.69) is 15.2 Å². The quantitative estimate of drug-likeness (QED) is 0.339. The standard InChI is InChI=1S/C27H27F3N4O4/c1-16-31-15-22(37-16)20-11-6-17(14-21(20)36-4)23-32-33-24-26(25(2,3)35,12-5-13-34(23)24)38-19-9-7-18(8-10-19)27(28,29)30/h6-11,14-15,35H,5,12-13H2,1-4H3/t26-/m1/s1. The summed E-state index contributed by atoms with van der Waals surface area (Å²) < 4.78 is 58.6. The molecule has 2 aromatic carbocycles. The summed E-state index contributed by atoms with van der Waals surface area (Å²) in [5.41, 5.74) is -2.12. The third-order valence-corrected chi connectivity index (χ3v) is 6.83. The van der Waals surface area contributed by atoms with Gasteiger partial charge in [0, 0.05) is 19.0 Å². The lowest BCUT2D eigenvalue weighted by Crippen LogP contribution is -2.55. The van der Waals surface area contributed by atoms with Gasteiger partial charge in [-0.15, -0.1) is 10.2 Å². The Morgan fingerprint density at radius 2 is 1.82 bits per heavy atom. The summed E-state index contributed by atoms with van der Waals surface area (Å²) in [6.07, 6.45) is -1.82. The van der Waals surface area contributed by atoms with Crippen LogP contribution in [0.15, 0.2) is 53.1 Å². The van der Waals surface area contributed by atoms with Gasteiger partial charge in [0.05, 0.1) is 24.4 Å². The van der Waals surface area contributed by atoms with Crippen LogP contribution < -0.4 is 9.47 Å². The first kappa shape index (κ1) is 25.8. The molecule has 0 saturated heterocycles. The van der Waals surface area contributed by atoms with Gasteiger partial charge >= 0.3 is 6.18 Å². The number of hydrogen-bond donors (Lipinski definition) is 1. The first-order chi connectivity index (χ1) is 17.9. The summed E-state index contributed by atoms with van der Waals surface area (Å²) in [7, 11) is 1.56. The topological polar surface area (TPSA) is 95.4 Å². The Morgan fingerprint density at radius 3 is 2.42 bits per heavy atom. The molecule has 4 aromatic rings. The Labute approximate surface area is 217 Å². The molecule has 0 spiro atoms. The van der Waals surface area contributed by atoms with E-state index in [0.717, 1.165) is 23.3 Å². The van der Waals surface area contributed by atoms with E-state index in [4.69, 9.17) is 13.9 Å². The normalized spacial score (nSPS) is 17.8. The lowest BCUT2D eigenvalue weighted by molar-refractivity contribution is -0.139. The second-order valence-corrected chi connectivity index (χ2v) is 9.77. The number of aliphatic hydroxyl groups is 1. The Kier molecular flexibility index (Phi) is 6.21. The van der Waals surface area contributed by atoms with Gasteiger partial charge in [0.25, 0.3) is 0 Å². The fourth-order valence-electron chi connectivity index (χ4n) is 4.86. The lowest BCUT2D eigenvalue weighted by Gasteiger charge is -2.44. The van der Waals surface area contributed by atoms with Crippen molar-refractivity contribution in [3.05, 3.63) is 65.9 Å². The molecule has 0 radical (unpaired) electrons. The number of nitrogens with zero attached hydrogens (tertiary/aromatic N) is 4. The van der Waals surface area contributed by atoms with Gasteiger partial charge in [-0.25, -0.2) is 4.98 Å². The van der Waals surface area contributed by atoms with Crippen LogP contribution in [0.1, 0.15) is 44.0 Å². The number of rotatable bonds is 6. The Hall–Kier alpha value is -3.86. The predicted octanol–water partition coefficient (Wildman–Crippen LogP) is 5.77. The second kappa shape index (κ2) is 9.16. The molecular formula is C27H27F3N4O4. The van der Waals surface area contributed by atoms with Crippen LogP contribution in [0.5, 0.6) is 11.5 Å². The van der Waals surface area contributed by atoms with Crippen molar-refractivity contribution in [1.29, 1.82) is 0 Å². The molecule has 0 unspecified atom stereocenters. The summed E-state index contributed by atoms with van der Waals surface area (Å²) in [5, 5.41) is 20.1. The van der Waals surface area contributed by atoms with E-state index in [1.54, 1.807) is 34.1 Å². The van der Waals surface area contributed by atoms with E-state index < -0.39 is 22.9 Å². The van der Waals surface area contributed by atoms with Crippen molar-refractivity contribution in [3.8, 4) is 34.2 Å². The van der Waals surface area contributed by atoms with E-state index >= 15 is 0 Å². The predicted molar refractivity (Wildman–Crippen MR) is 132 cm³/mol. The minimum atomic E-state index is -4.46. The number of methoxy groups -OCH3 is 1. The van der Waals surface area contributed by atoms with Crippen LogP contribution >= 0.6 is 0 Å². The fraction of sp³-hybridized carbons (Fsp3) is 0.370. The SMILES string of the molecule is COc1cc(-c2nnc3n2CCC[C@]3(Oc2ccc(C(F)(F)F)cc2)C(C)(C)O)ccc1-c1cnc(C)o1. The molecule has 11 heteroatoms. The van der Waals surface area contributed by atoms with Crippen molar-refractivity contribution in [1.82, 2.24) is 19.7 Å². The smallest absolute Gasteiger partial charge is 0.416 e. The molecule has 1 atom stereocenters. The summed E-state index contributed by atoms with van der Waals surface area (Å²) in [6.45, 7) is 5.52. The molecule has 38 heavy (non-hydrogen) atoms. The second-order valence-electron chi connectivity index (χ2n) is 9.77. The minimum absolute atomic E-state index is 0.187. The molecular weight excluding hydrogens is 501 g/mol. The maximum Gasteiger partial charge on any atom is 0.416 e. The van der Waals surface area contributed by atoms with Crippen molar-refractivity contribution in [2.75, 3.05) is 7.11 Å². The van der Waals surface area contributed by atoms with E-state index in [1.165, 1.54) is 12.1 Å². The summed E-state index contributed by atoms with van der Waals surface area (Å²) in [4.78, 5) is 4.15. The minimum Gasteiger partial charge on any atom is -0.496 e. The van der Waals surface area contributed by atoms with Crippen LogP contribution in [0.25, 0.3) is 22.7 Å². The van der Waals surface area contributed by atoms with Crippen LogP contribution in [-0.4, -0.2) is 37.6 Å². The van der Waals surface area contributed by atoms with E-state index in [1.807, 2.05) is 22.8 Å². The van der Waals surface area contributed by atoms with E-state index in [0.29, 0.717) is 48.4 Å². The van der Waals surface area contributed by atoms with Crippen LogP contribution in [-0.2, 0) is 18.3 Å². The van der Waals surface area contributed by atoms with Gasteiger partial charge < -0.3 is 23.6 Å². The van der Waals surface area contributed by atoms with E-state index in [9.17, 15) is 18.3 Å². The number of aromatic nitrogens is 4. The van der Waals surface area contributed by atoms with Crippen molar-refractivity contribution >= 4 is 0 Å². The molecule has 0 aliphatic carbocycles. The summed E-state index contributed by atoms with van der Waals surface area (Å²) >= 11 is 0. The largest absolute Gasteiger partial charge is 0.496 e. The Bertz CT molecular complexity index is 1450. The fourth-order valence-corrected chi connectivity index (χ4v) is 4.86. The van der Waals surface area contributed by atoms with Crippen molar-refractivity contribution in [3.63, 3.8) is 0 Å². The van der Waals surface area contributed by atoms with Crippen LogP contribution in [0, 0.1) is 6.92 Å². The average Bonchev–Trinajstić information content (AvgIpc) is 3.50. The Morgan fingerprint density at radius 1 is 1.08 bits per heavy atom. The third-order valence-electron chi connectivity index (χ3n) is 6.83. The molecule has 1 aliphatic heterocycles. The lowest BCUT2D eigenvalue weighted by atomic mass is 9.79. The van der Waals surface area contributed by atoms with Gasteiger partial charge in [0.15, 0.2) is 28.9 Å². The number of aryl methyl sites for hydroxylation is 1. The van der Waals surface area contributed by atoms with Gasteiger partial charge in [-0.2, -0.15) is 13.2 Å². The van der Waals surface area contributed by atoms with Gasteiger partial charge in [-0.05, 0) is 63.1 Å². The number of benzene rings is 2. The zero-order chi connectivity index (χ0) is 27.3. The average molecular weight is 529 g/mol. The third kappa shape index (κ3) is 4.40. The van der Waals surface area contributed by atoms with Crippen molar-refractivity contribution < 1.29 is 32.2 Å². The number of alkyl halides is 3. The molecule has 8 nitrogen and oxygen atoms in total. The molecule has 3 heterocycles. The molecule has 2 aromatic heterocycles. The molecule has 0 saturated carbocycles. The van der Waals surface area contributed by atoms with Crippen LogP contribution in [0.2, 0.25) is 0 Å². The highest BCUT2D eigenvalue weighted by atomic mass is 19.4. The van der Waals surface area contributed by atoms with E-state index in [-0.39, 0.29) is 5.75 Å². The number of halogens is 3. The first-order valence-electron chi connectivity index (χ1n) is 12.1. The zero-order valence-electron chi connectivity index (χ0n) is 21.3. The summed E-state index contributed by atoms with van der Waals surface area (Å²) in [6, 6.07) is 9.95. The van der Waals surface area contributed by atoms with Crippen molar-refractivity contribution in [2.45, 2.75) is 57.5 Å². The van der Waals surface area contributed by atoms with Gasteiger partial charge in [0.2, 0.25) is 0 Å². The number of hydrogen-bond acceptors (Lipinski definition) is 7. The van der Waals surface area contributed by atoms with Crippen LogP contribution in [0.3, 0.4) is 0 Å². The number of ether oxygens (including phenoxy) is 2. The summed E-state index contributed by atoms with van der Waals surface area (Å²) in [5.74, 6) is 2.78. The zero-order valence-corrected chi connectivity index (χ0v) is 21.3. The molecule has 0 amide bonds. The number of fused-ring (bicyclic) bond motifs is 1. The Balaban J connectivity index is 1.55. The van der Waals surface area contributed by atoms with Crippen LogP contribution in [0.4, 0.5) is 13.2 Å². The maximum absolute atomic E-state index is 13.1. The van der Waals surface area contributed by atoms with Gasteiger partial charge in [0.1, 0.15) is 17.1 Å². The van der Waals surface area contributed by atoms with Gasteiger partial charge in [-0.3, -0.25) is 0 Å². The highest BCUT2D eigenvalue weighted by Crippen LogP contribution is 2.45. The molecule has 5 rings (SSSR count). The van der Waals surface area contributed by atoms with Crippen molar-refractivity contribution in [2.24, 2.45) is 0 Å². The maximum atomic E-state index is 13.1. The molecule has 0 fully saturated rings. The highest BCUT2D eigenvalue weighted by Gasteiger charge is 2.53. The molecule has 0 bridgehead atoms. The highest BCUT2D eigenvalue weighted by molar-refractivity contribution is 5.71. The molecule has 1 aliphatic rings. The first-order valence-corrected chi connectivity index (χ1v) is 12.1. The van der Waals surface area contributed by atoms with Gasteiger partial charge in [-0.1, -0.05) is 6.07 Å². The molecule has 200 valence electrons. The molecule has 1 N–H and O–H groups in total. The monoisotopic (exact) mass is 528 g/mol. The number of oxazole rings is 1.